The van der Waals surface area contributed by atoms with Crippen LogP contribution in [0, 0.1) is 5.92 Å². The fourth-order valence-electron chi connectivity index (χ4n) is 3.30. The molecule has 1 aliphatic heterocycles. The van der Waals surface area contributed by atoms with E-state index in [1.807, 2.05) is 11.8 Å². The van der Waals surface area contributed by atoms with E-state index in [2.05, 4.69) is 16.9 Å². The SMILES string of the molecule is CSC1CCCC(NC(=O)CCC2CCCNC2)C1. The van der Waals surface area contributed by atoms with E-state index >= 15 is 0 Å². The maximum atomic E-state index is 12.0. The molecule has 0 radical (unpaired) electrons. The predicted molar refractivity (Wildman–Crippen MR) is 82.5 cm³/mol. The molecule has 0 aromatic rings. The van der Waals surface area contributed by atoms with E-state index in [1.165, 1.54) is 32.1 Å². The topological polar surface area (TPSA) is 41.1 Å². The number of nitrogens with one attached hydrogen (secondary N) is 2. The van der Waals surface area contributed by atoms with Gasteiger partial charge in [0.05, 0.1) is 0 Å². The van der Waals surface area contributed by atoms with E-state index in [4.69, 9.17) is 0 Å². The van der Waals surface area contributed by atoms with Crippen LogP contribution in [0.2, 0.25) is 0 Å². The molecular weight excluding hydrogens is 256 g/mol. The van der Waals surface area contributed by atoms with Gasteiger partial charge in [0, 0.05) is 17.7 Å². The molecule has 2 rings (SSSR count). The minimum absolute atomic E-state index is 0.275. The summed E-state index contributed by atoms with van der Waals surface area (Å²) in [4.78, 5) is 12.0. The maximum Gasteiger partial charge on any atom is 0.220 e. The van der Waals surface area contributed by atoms with Gasteiger partial charge in [-0.2, -0.15) is 11.8 Å². The Balaban J connectivity index is 1.63. The molecule has 0 spiro atoms. The van der Waals surface area contributed by atoms with Gasteiger partial charge >= 0.3 is 0 Å². The van der Waals surface area contributed by atoms with Crippen LogP contribution in [0.1, 0.15) is 51.4 Å². The normalized spacial score (nSPS) is 31.9. The molecule has 0 aromatic heterocycles. The number of hydrogen-bond acceptors (Lipinski definition) is 3. The first kappa shape index (κ1) is 15.2. The lowest BCUT2D eigenvalue weighted by molar-refractivity contribution is -0.122. The van der Waals surface area contributed by atoms with Gasteiger partial charge in [0.25, 0.3) is 0 Å². The van der Waals surface area contributed by atoms with Gasteiger partial charge in [-0.05, 0) is 63.8 Å². The zero-order valence-corrected chi connectivity index (χ0v) is 12.9. The summed E-state index contributed by atoms with van der Waals surface area (Å²) >= 11 is 1.95. The van der Waals surface area contributed by atoms with Crippen LogP contribution in [-0.4, -0.2) is 36.5 Å². The van der Waals surface area contributed by atoms with Gasteiger partial charge in [-0.1, -0.05) is 6.42 Å². The smallest absolute Gasteiger partial charge is 0.220 e. The Labute approximate surface area is 121 Å². The van der Waals surface area contributed by atoms with E-state index in [0.717, 1.165) is 31.2 Å². The summed E-state index contributed by atoms with van der Waals surface area (Å²) in [5.74, 6) is 0.988. The van der Waals surface area contributed by atoms with E-state index in [1.54, 1.807) is 0 Å². The third kappa shape index (κ3) is 5.35. The third-order valence-electron chi connectivity index (χ3n) is 4.50. The van der Waals surface area contributed by atoms with Crippen LogP contribution in [0.15, 0.2) is 0 Å². The average Bonchev–Trinajstić information content (AvgIpc) is 2.46. The minimum atomic E-state index is 0.275. The average molecular weight is 284 g/mol. The fraction of sp³-hybridized carbons (Fsp3) is 0.933. The molecule has 3 atom stereocenters. The van der Waals surface area contributed by atoms with Crippen molar-refractivity contribution in [2.75, 3.05) is 19.3 Å². The van der Waals surface area contributed by atoms with Crippen LogP contribution in [0.25, 0.3) is 0 Å². The summed E-state index contributed by atoms with van der Waals surface area (Å²) in [5.41, 5.74) is 0. The van der Waals surface area contributed by atoms with Crippen molar-refractivity contribution in [1.82, 2.24) is 10.6 Å². The lowest BCUT2D eigenvalue weighted by Crippen LogP contribution is -2.39. The second kappa shape index (κ2) is 8.15. The van der Waals surface area contributed by atoms with E-state index in [0.29, 0.717) is 18.4 Å². The summed E-state index contributed by atoms with van der Waals surface area (Å²) in [6.07, 6.45) is 11.4. The molecule has 2 aliphatic rings. The largest absolute Gasteiger partial charge is 0.353 e. The van der Waals surface area contributed by atoms with Crippen molar-refractivity contribution in [2.24, 2.45) is 5.92 Å². The van der Waals surface area contributed by atoms with E-state index in [-0.39, 0.29) is 5.91 Å². The molecule has 1 amide bonds. The predicted octanol–water partition coefficient (Wildman–Crippen LogP) is 2.56. The van der Waals surface area contributed by atoms with Crippen LogP contribution in [-0.2, 0) is 4.79 Å². The third-order valence-corrected chi connectivity index (χ3v) is 5.60. The Morgan fingerprint density at radius 1 is 1.32 bits per heavy atom. The standard InChI is InChI=1S/C15H28N2OS/c1-19-14-6-2-5-13(10-14)17-15(18)8-7-12-4-3-9-16-11-12/h12-14,16H,2-11H2,1H3,(H,17,18). The van der Waals surface area contributed by atoms with Crippen molar-refractivity contribution in [2.45, 2.75) is 62.7 Å². The van der Waals surface area contributed by atoms with Crippen molar-refractivity contribution in [3.63, 3.8) is 0 Å². The van der Waals surface area contributed by atoms with E-state index < -0.39 is 0 Å². The van der Waals surface area contributed by atoms with Gasteiger partial charge < -0.3 is 10.6 Å². The Kier molecular flexibility index (Phi) is 6.51. The van der Waals surface area contributed by atoms with Crippen molar-refractivity contribution in [3.05, 3.63) is 0 Å². The second-order valence-electron chi connectivity index (χ2n) is 6.04. The first-order valence-electron chi connectivity index (χ1n) is 7.81. The highest BCUT2D eigenvalue weighted by Gasteiger charge is 2.23. The number of carbonyl (C=O) groups excluding carboxylic acids is 1. The van der Waals surface area contributed by atoms with Gasteiger partial charge in [0.1, 0.15) is 0 Å². The second-order valence-corrected chi connectivity index (χ2v) is 7.18. The van der Waals surface area contributed by atoms with Crippen LogP contribution >= 0.6 is 11.8 Å². The molecule has 1 heterocycles. The highest BCUT2D eigenvalue weighted by molar-refractivity contribution is 7.99. The van der Waals surface area contributed by atoms with Gasteiger partial charge in [-0.25, -0.2) is 0 Å². The van der Waals surface area contributed by atoms with Crippen LogP contribution < -0.4 is 10.6 Å². The molecule has 2 fully saturated rings. The molecule has 3 nitrogen and oxygen atoms in total. The van der Waals surface area contributed by atoms with Crippen LogP contribution in [0.3, 0.4) is 0 Å². The quantitative estimate of drug-likeness (QED) is 0.815. The maximum absolute atomic E-state index is 12.0. The Morgan fingerprint density at radius 3 is 2.95 bits per heavy atom. The number of hydrogen-bond donors (Lipinski definition) is 2. The van der Waals surface area contributed by atoms with Crippen LogP contribution in [0.5, 0.6) is 0 Å². The van der Waals surface area contributed by atoms with Crippen molar-refractivity contribution >= 4 is 17.7 Å². The number of carbonyl (C=O) groups is 1. The molecule has 1 aliphatic carbocycles. The molecule has 0 aromatic carbocycles. The van der Waals surface area contributed by atoms with Gasteiger partial charge in [-0.3, -0.25) is 4.79 Å². The van der Waals surface area contributed by atoms with E-state index in [9.17, 15) is 4.79 Å². The molecule has 0 bridgehead atoms. The zero-order chi connectivity index (χ0) is 13.5. The molecule has 1 saturated heterocycles. The highest BCUT2D eigenvalue weighted by Crippen LogP contribution is 2.27. The highest BCUT2D eigenvalue weighted by atomic mass is 32.2. The first-order chi connectivity index (χ1) is 9.28. The number of piperidine rings is 1. The van der Waals surface area contributed by atoms with Gasteiger partial charge in [-0.15, -0.1) is 0 Å². The fourth-order valence-corrected chi connectivity index (χ4v) is 4.12. The molecular formula is C15H28N2OS. The van der Waals surface area contributed by atoms with Gasteiger partial charge in [0.15, 0.2) is 0 Å². The number of rotatable bonds is 5. The Morgan fingerprint density at radius 2 is 2.21 bits per heavy atom. The lowest BCUT2D eigenvalue weighted by atomic mass is 9.93. The summed E-state index contributed by atoms with van der Waals surface area (Å²) in [5, 5.41) is 7.42. The van der Waals surface area contributed by atoms with Crippen LogP contribution in [0.4, 0.5) is 0 Å². The lowest BCUT2D eigenvalue weighted by Gasteiger charge is -2.29. The monoisotopic (exact) mass is 284 g/mol. The molecule has 3 unspecified atom stereocenters. The minimum Gasteiger partial charge on any atom is -0.353 e. The summed E-state index contributed by atoms with van der Waals surface area (Å²) in [7, 11) is 0. The van der Waals surface area contributed by atoms with Crippen molar-refractivity contribution < 1.29 is 4.79 Å². The molecule has 4 heteroatoms. The van der Waals surface area contributed by atoms with Crippen molar-refractivity contribution in [3.8, 4) is 0 Å². The Bertz CT molecular complexity index is 279. The summed E-state index contributed by atoms with van der Waals surface area (Å²) in [6, 6.07) is 0.434. The van der Waals surface area contributed by atoms with Gasteiger partial charge in [0.2, 0.25) is 5.91 Å². The molecule has 19 heavy (non-hydrogen) atoms. The molecule has 1 saturated carbocycles. The Hall–Kier alpha value is -0.220. The molecule has 110 valence electrons. The first-order valence-corrected chi connectivity index (χ1v) is 9.09. The summed E-state index contributed by atoms with van der Waals surface area (Å²) < 4.78 is 0. The zero-order valence-electron chi connectivity index (χ0n) is 12.1. The van der Waals surface area contributed by atoms with Crippen molar-refractivity contribution in [1.29, 1.82) is 0 Å². The molecule has 2 N–H and O–H groups in total. The number of thioether (sulfide) groups is 1. The summed E-state index contributed by atoms with van der Waals surface area (Å²) in [6.45, 7) is 2.26. The number of amides is 1.